The van der Waals surface area contributed by atoms with Crippen molar-refractivity contribution in [2.75, 3.05) is 43.4 Å². The minimum Gasteiger partial charge on any atom is -0.491 e. The molecule has 0 saturated heterocycles. The summed E-state index contributed by atoms with van der Waals surface area (Å²) in [6.07, 6.45) is 23.7. The average molecular weight is 766 g/mol. The van der Waals surface area contributed by atoms with Crippen molar-refractivity contribution in [1.82, 2.24) is 26.3 Å². The molecule has 1 aromatic heterocycles. The van der Waals surface area contributed by atoms with E-state index in [0.29, 0.717) is 18.3 Å². The van der Waals surface area contributed by atoms with Gasteiger partial charge in [0.2, 0.25) is 5.91 Å². The number of unbranched alkanes of at least 4 members (excludes halogenated alkanes) is 8. The Kier molecular flexibility index (Phi) is 27.7. The zero-order chi connectivity index (χ0) is 35.8. The van der Waals surface area contributed by atoms with Gasteiger partial charge in [0.25, 0.3) is 0 Å². The fourth-order valence-electron chi connectivity index (χ4n) is 4.47. The number of nitrogens with zero attached hydrogens (tertiary/aromatic N) is 1. The Morgan fingerprint density at radius 3 is 1.76 bits per heavy atom. The molecule has 0 aliphatic carbocycles. The fraction of sp³-hybridized carbons (Fsp3) is 0.622. The van der Waals surface area contributed by atoms with Gasteiger partial charge in [-0.25, -0.2) is 14.6 Å². The summed E-state index contributed by atoms with van der Waals surface area (Å²) in [5.41, 5.74) is 0.780. The van der Waals surface area contributed by atoms with E-state index in [1.165, 1.54) is 31.1 Å². The molecule has 10 nitrogen and oxygen atoms in total. The molecule has 2 rings (SSSR count). The van der Waals surface area contributed by atoms with Crippen LogP contribution in [-0.4, -0.2) is 61.1 Å². The SMILES string of the molecule is CCCCCNC(=O)NCCCC/C=C\CCBr.CCCCCNC(=O)NCCCC/C=C\CCOc1cccc2sc(NC(C)=O)nc12. The minimum atomic E-state index is -0.131. The van der Waals surface area contributed by atoms with Crippen LogP contribution >= 0.6 is 27.3 Å². The first-order valence-electron chi connectivity index (χ1n) is 18.1. The smallest absolute Gasteiger partial charge is 0.314 e. The summed E-state index contributed by atoms with van der Waals surface area (Å²) in [7, 11) is 0. The highest BCUT2D eigenvalue weighted by molar-refractivity contribution is 9.09. The molecule has 49 heavy (non-hydrogen) atoms. The van der Waals surface area contributed by atoms with Gasteiger partial charge < -0.3 is 31.3 Å². The normalized spacial score (nSPS) is 10.9. The molecule has 0 saturated carbocycles. The number of urea groups is 2. The van der Waals surface area contributed by atoms with E-state index in [-0.39, 0.29) is 18.0 Å². The Balaban J connectivity index is 0.000000570. The van der Waals surface area contributed by atoms with Crippen molar-refractivity contribution >= 4 is 60.6 Å². The third kappa shape index (κ3) is 24.6. The molecule has 0 atom stereocenters. The van der Waals surface area contributed by atoms with Gasteiger partial charge in [0.05, 0.1) is 11.3 Å². The number of para-hydroxylation sites is 1. The van der Waals surface area contributed by atoms with Crippen LogP contribution in [0.4, 0.5) is 14.7 Å². The first-order valence-corrected chi connectivity index (χ1v) is 20.0. The molecular formula is C37H61BrN6O4S. The van der Waals surface area contributed by atoms with E-state index in [9.17, 15) is 14.4 Å². The molecule has 0 spiro atoms. The number of anilines is 1. The lowest BCUT2D eigenvalue weighted by Gasteiger charge is -2.06. The predicted octanol–water partition coefficient (Wildman–Crippen LogP) is 9.23. The van der Waals surface area contributed by atoms with E-state index >= 15 is 0 Å². The molecule has 5 amide bonds. The number of halogens is 1. The number of benzene rings is 1. The van der Waals surface area contributed by atoms with E-state index in [2.05, 4.69) is 85.6 Å². The second-order valence-electron chi connectivity index (χ2n) is 11.6. The number of nitrogens with one attached hydrogen (secondary N) is 5. The van der Waals surface area contributed by atoms with Crippen LogP contribution in [0.15, 0.2) is 42.5 Å². The van der Waals surface area contributed by atoms with E-state index in [0.717, 1.165) is 118 Å². The van der Waals surface area contributed by atoms with Crippen molar-refractivity contribution < 1.29 is 19.1 Å². The van der Waals surface area contributed by atoms with Crippen molar-refractivity contribution in [2.45, 2.75) is 111 Å². The van der Waals surface area contributed by atoms with Crippen molar-refractivity contribution in [2.24, 2.45) is 0 Å². The van der Waals surface area contributed by atoms with Gasteiger partial charge in [-0.05, 0) is 76.3 Å². The summed E-state index contributed by atoms with van der Waals surface area (Å²) >= 11 is 4.82. The third-order valence-corrected chi connectivity index (χ3v) is 8.51. The number of amides is 5. The molecule has 1 heterocycles. The number of thiazole rings is 1. The number of ether oxygens (including phenoxy) is 1. The maximum Gasteiger partial charge on any atom is 0.314 e. The second kappa shape index (κ2) is 30.9. The summed E-state index contributed by atoms with van der Waals surface area (Å²) in [5, 5.41) is 15.9. The molecule has 276 valence electrons. The maximum absolute atomic E-state index is 11.6. The lowest BCUT2D eigenvalue weighted by molar-refractivity contribution is -0.114. The van der Waals surface area contributed by atoms with Crippen LogP contribution in [0.5, 0.6) is 5.75 Å². The first kappa shape index (κ1) is 43.9. The molecule has 2 aromatic rings. The van der Waals surface area contributed by atoms with Crippen molar-refractivity contribution in [3.8, 4) is 5.75 Å². The molecule has 0 aliphatic rings. The van der Waals surface area contributed by atoms with Crippen LogP contribution in [0, 0.1) is 0 Å². The Hall–Kier alpha value is -3.12. The number of allylic oxidation sites excluding steroid dienone is 3. The number of hydrogen-bond acceptors (Lipinski definition) is 6. The van der Waals surface area contributed by atoms with Gasteiger partial charge in [-0.1, -0.05) is 97.2 Å². The summed E-state index contributed by atoms with van der Waals surface area (Å²) in [6.45, 7) is 9.36. The van der Waals surface area contributed by atoms with Crippen LogP contribution in [0.25, 0.3) is 10.2 Å². The van der Waals surface area contributed by atoms with Crippen molar-refractivity contribution in [1.29, 1.82) is 0 Å². The quantitative estimate of drug-likeness (QED) is 0.0391. The largest absolute Gasteiger partial charge is 0.491 e. The molecule has 0 aliphatic heterocycles. The molecule has 1 aromatic carbocycles. The van der Waals surface area contributed by atoms with Gasteiger partial charge in [0.1, 0.15) is 11.3 Å². The highest BCUT2D eigenvalue weighted by atomic mass is 79.9. The number of fused-ring (bicyclic) bond motifs is 1. The van der Waals surface area contributed by atoms with Crippen LogP contribution in [0.1, 0.15) is 111 Å². The van der Waals surface area contributed by atoms with Gasteiger partial charge in [-0.2, -0.15) is 0 Å². The Morgan fingerprint density at radius 2 is 1.24 bits per heavy atom. The first-order chi connectivity index (χ1) is 23.9. The van der Waals surface area contributed by atoms with Gasteiger partial charge in [0.15, 0.2) is 5.13 Å². The number of aromatic nitrogens is 1. The molecule has 5 N–H and O–H groups in total. The van der Waals surface area contributed by atoms with Crippen molar-refractivity contribution in [3.05, 3.63) is 42.5 Å². The monoisotopic (exact) mass is 764 g/mol. The topological polar surface area (TPSA) is 133 Å². The van der Waals surface area contributed by atoms with Gasteiger partial charge in [0, 0.05) is 38.4 Å². The number of carbonyl (C=O) groups is 3. The molecule has 0 fully saturated rings. The standard InChI is InChI=1S/C23H34N4O3S.C14H27BrN2O/c1-3-4-9-15-24-22(29)25-16-10-7-5-6-8-11-17-30-19-13-12-14-20-21(19)27-23(31-20)26-18(2)28;1-2-3-9-12-16-14(18)17-13-10-7-5-4-6-8-11-15/h6,8,12-14H,3-5,7,9-11,15-17H2,1-2H3,(H2,24,25,29)(H,26,27,28);4,6H,2-3,5,7-13H2,1H3,(H2,16,17,18)/b8-6-;6-4-. The summed E-state index contributed by atoms with van der Waals surface area (Å²) in [4.78, 5) is 38.6. The molecule has 12 heteroatoms. The number of hydrogen-bond donors (Lipinski definition) is 5. The highest BCUT2D eigenvalue weighted by Gasteiger charge is 2.09. The van der Waals surface area contributed by atoms with Crippen LogP contribution < -0.4 is 31.3 Å². The van der Waals surface area contributed by atoms with Crippen LogP contribution in [0.2, 0.25) is 0 Å². The molecule has 0 radical (unpaired) electrons. The average Bonchev–Trinajstić information content (AvgIpc) is 3.50. The van der Waals surface area contributed by atoms with E-state index < -0.39 is 0 Å². The maximum atomic E-state index is 11.6. The molecule has 0 unspecified atom stereocenters. The number of alkyl halides is 1. The van der Waals surface area contributed by atoms with E-state index in [1.807, 2.05) is 18.2 Å². The number of carbonyl (C=O) groups excluding carboxylic acids is 3. The van der Waals surface area contributed by atoms with Crippen LogP contribution in [-0.2, 0) is 4.79 Å². The van der Waals surface area contributed by atoms with Crippen LogP contribution in [0.3, 0.4) is 0 Å². The lowest BCUT2D eigenvalue weighted by Crippen LogP contribution is -2.36. The number of rotatable bonds is 25. The highest BCUT2D eigenvalue weighted by Crippen LogP contribution is 2.32. The van der Waals surface area contributed by atoms with E-state index in [4.69, 9.17) is 4.74 Å². The zero-order valence-corrected chi connectivity index (χ0v) is 32.5. The Morgan fingerprint density at radius 1 is 0.735 bits per heavy atom. The van der Waals surface area contributed by atoms with Gasteiger partial charge in [-0.15, -0.1) is 0 Å². The Bertz CT molecular complexity index is 1220. The van der Waals surface area contributed by atoms with Gasteiger partial charge >= 0.3 is 12.1 Å². The van der Waals surface area contributed by atoms with Crippen molar-refractivity contribution in [3.63, 3.8) is 0 Å². The Labute approximate surface area is 307 Å². The second-order valence-corrected chi connectivity index (χ2v) is 13.5. The third-order valence-electron chi connectivity index (χ3n) is 7.11. The summed E-state index contributed by atoms with van der Waals surface area (Å²) < 4.78 is 6.87. The predicted molar refractivity (Wildman–Crippen MR) is 210 cm³/mol. The summed E-state index contributed by atoms with van der Waals surface area (Å²) in [5.74, 6) is 0.603. The minimum absolute atomic E-state index is 0.0269. The zero-order valence-electron chi connectivity index (χ0n) is 30.1. The van der Waals surface area contributed by atoms with E-state index in [1.54, 1.807) is 0 Å². The summed E-state index contributed by atoms with van der Waals surface area (Å²) in [6, 6.07) is 5.71. The molecular weight excluding hydrogens is 704 g/mol. The molecule has 0 bridgehead atoms. The lowest BCUT2D eigenvalue weighted by atomic mass is 10.2. The van der Waals surface area contributed by atoms with Gasteiger partial charge in [-0.3, -0.25) is 4.79 Å². The fourth-order valence-corrected chi connectivity index (χ4v) is 5.67.